The summed E-state index contributed by atoms with van der Waals surface area (Å²) in [6.45, 7) is 0. The van der Waals surface area contributed by atoms with Crippen LogP contribution in [0.3, 0.4) is 0 Å². The second-order valence-electron chi connectivity index (χ2n) is 3.75. The Kier molecular flexibility index (Phi) is 1.65. The Labute approximate surface area is 71.9 Å². The SMILES string of the molecule is ClC[C@]1(Cl)CC2CC[C@H]1C2. The summed E-state index contributed by atoms with van der Waals surface area (Å²) in [5.74, 6) is 2.29. The quantitative estimate of drug-likeness (QED) is 0.542. The third kappa shape index (κ3) is 0.887. The molecule has 1 unspecified atom stereocenters. The Morgan fingerprint density at radius 3 is 2.50 bits per heavy atom. The van der Waals surface area contributed by atoms with Gasteiger partial charge in [0.25, 0.3) is 0 Å². The minimum absolute atomic E-state index is 0.00945. The predicted molar refractivity (Wildman–Crippen MR) is 44.8 cm³/mol. The molecule has 0 aliphatic heterocycles. The van der Waals surface area contributed by atoms with E-state index in [1.54, 1.807) is 0 Å². The van der Waals surface area contributed by atoms with Crippen molar-refractivity contribution in [3.8, 4) is 0 Å². The molecule has 2 rings (SSSR count). The molecule has 0 heterocycles. The fourth-order valence-corrected chi connectivity index (χ4v) is 3.28. The van der Waals surface area contributed by atoms with Crippen LogP contribution in [-0.4, -0.2) is 10.8 Å². The first-order valence-corrected chi connectivity index (χ1v) is 4.91. The molecule has 2 aliphatic rings. The molecule has 0 amide bonds. The molecule has 0 aromatic carbocycles. The molecule has 58 valence electrons. The van der Waals surface area contributed by atoms with Gasteiger partial charge in [-0.05, 0) is 31.1 Å². The van der Waals surface area contributed by atoms with E-state index < -0.39 is 0 Å². The minimum Gasteiger partial charge on any atom is -0.125 e. The smallest absolute Gasteiger partial charge is 0.0612 e. The summed E-state index contributed by atoms with van der Waals surface area (Å²) in [4.78, 5) is -0.00945. The molecular formula is C8H12Cl2. The summed E-state index contributed by atoms with van der Waals surface area (Å²) >= 11 is 12.1. The Balaban J connectivity index is 2.14. The van der Waals surface area contributed by atoms with Crippen LogP contribution >= 0.6 is 23.2 Å². The molecular weight excluding hydrogens is 167 g/mol. The van der Waals surface area contributed by atoms with E-state index >= 15 is 0 Å². The van der Waals surface area contributed by atoms with E-state index in [-0.39, 0.29) is 4.87 Å². The zero-order valence-corrected chi connectivity index (χ0v) is 7.46. The zero-order chi connectivity index (χ0) is 7.19. The molecule has 2 heteroatoms. The summed E-state index contributed by atoms with van der Waals surface area (Å²) in [5, 5.41) is 0. The van der Waals surface area contributed by atoms with Crippen LogP contribution in [-0.2, 0) is 0 Å². The molecule has 0 nitrogen and oxygen atoms in total. The van der Waals surface area contributed by atoms with Crippen molar-refractivity contribution in [1.29, 1.82) is 0 Å². The zero-order valence-electron chi connectivity index (χ0n) is 5.95. The highest BCUT2D eigenvalue weighted by molar-refractivity contribution is 6.31. The fourth-order valence-electron chi connectivity index (χ4n) is 2.54. The van der Waals surface area contributed by atoms with Gasteiger partial charge in [0, 0.05) is 5.88 Å². The third-order valence-electron chi connectivity index (χ3n) is 3.12. The van der Waals surface area contributed by atoms with Crippen LogP contribution in [0.1, 0.15) is 25.7 Å². The van der Waals surface area contributed by atoms with Crippen molar-refractivity contribution in [2.24, 2.45) is 11.8 Å². The Morgan fingerprint density at radius 2 is 2.20 bits per heavy atom. The van der Waals surface area contributed by atoms with Gasteiger partial charge in [-0.1, -0.05) is 6.42 Å². The number of fused-ring (bicyclic) bond motifs is 2. The van der Waals surface area contributed by atoms with Gasteiger partial charge in [0.2, 0.25) is 0 Å². The normalized spacial score (nSPS) is 52.2. The van der Waals surface area contributed by atoms with Gasteiger partial charge in [0.15, 0.2) is 0 Å². The number of rotatable bonds is 1. The fraction of sp³-hybridized carbons (Fsp3) is 1.00. The number of hydrogen-bond acceptors (Lipinski definition) is 0. The average Bonchev–Trinajstić information content (AvgIpc) is 2.46. The molecule has 0 aromatic heterocycles. The topological polar surface area (TPSA) is 0 Å². The highest BCUT2D eigenvalue weighted by Crippen LogP contribution is 2.54. The maximum absolute atomic E-state index is 6.32. The Morgan fingerprint density at radius 1 is 1.40 bits per heavy atom. The first kappa shape index (κ1) is 7.24. The van der Waals surface area contributed by atoms with Crippen LogP contribution in [0, 0.1) is 11.8 Å². The highest BCUT2D eigenvalue weighted by Gasteiger charge is 2.49. The Hall–Kier alpha value is 0.580. The van der Waals surface area contributed by atoms with Crippen LogP contribution < -0.4 is 0 Å². The van der Waals surface area contributed by atoms with Gasteiger partial charge < -0.3 is 0 Å². The van der Waals surface area contributed by atoms with E-state index in [2.05, 4.69) is 0 Å². The van der Waals surface area contributed by atoms with Crippen LogP contribution in [0.2, 0.25) is 0 Å². The van der Waals surface area contributed by atoms with Gasteiger partial charge in [-0.15, -0.1) is 23.2 Å². The molecule has 2 fully saturated rings. The summed E-state index contributed by atoms with van der Waals surface area (Å²) in [5.41, 5.74) is 0. The van der Waals surface area contributed by atoms with E-state index in [0.717, 1.165) is 11.8 Å². The second-order valence-corrected chi connectivity index (χ2v) is 4.77. The molecule has 2 bridgehead atoms. The van der Waals surface area contributed by atoms with Crippen LogP contribution in [0.4, 0.5) is 0 Å². The van der Waals surface area contributed by atoms with Crippen molar-refractivity contribution in [1.82, 2.24) is 0 Å². The molecule has 0 N–H and O–H groups in total. The van der Waals surface area contributed by atoms with Crippen molar-refractivity contribution < 1.29 is 0 Å². The second kappa shape index (κ2) is 2.28. The van der Waals surface area contributed by atoms with Crippen molar-refractivity contribution >= 4 is 23.2 Å². The van der Waals surface area contributed by atoms with Crippen LogP contribution in [0.5, 0.6) is 0 Å². The first-order chi connectivity index (χ1) is 4.74. The maximum atomic E-state index is 6.32. The lowest BCUT2D eigenvalue weighted by Gasteiger charge is -2.28. The van der Waals surface area contributed by atoms with E-state index in [1.807, 2.05) is 0 Å². The summed E-state index contributed by atoms with van der Waals surface area (Å²) in [7, 11) is 0. The van der Waals surface area contributed by atoms with Crippen LogP contribution in [0.15, 0.2) is 0 Å². The number of alkyl halides is 2. The van der Waals surface area contributed by atoms with E-state index in [1.165, 1.54) is 25.7 Å². The summed E-state index contributed by atoms with van der Waals surface area (Å²) in [6.07, 6.45) is 5.23. The van der Waals surface area contributed by atoms with Crippen molar-refractivity contribution in [2.45, 2.75) is 30.6 Å². The van der Waals surface area contributed by atoms with Crippen LogP contribution in [0.25, 0.3) is 0 Å². The molecule has 3 atom stereocenters. The van der Waals surface area contributed by atoms with Gasteiger partial charge in [-0.3, -0.25) is 0 Å². The molecule has 0 saturated heterocycles. The highest BCUT2D eigenvalue weighted by atomic mass is 35.5. The first-order valence-electron chi connectivity index (χ1n) is 3.99. The molecule has 2 aliphatic carbocycles. The van der Waals surface area contributed by atoms with Gasteiger partial charge in [-0.2, -0.15) is 0 Å². The van der Waals surface area contributed by atoms with Gasteiger partial charge in [0.05, 0.1) is 4.87 Å². The lowest BCUT2D eigenvalue weighted by molar-refractivity contribution is 0.393. The lowest BCUT2D eigenvalue weighted by atomic mass is 9.89. The van der Waals surface area contributed by atoms with E-state index in [4.69, 9.17) is 23.2 Å². The van der Waals surface area contributed by atoms with Crippen molar-refractivity contribution in [3.63, 3.8) is 0 Å². The number of hydrogen-bond donors (Lipinski definition) is 0. The molecule has 2 saturated carbocycles. The Bertz CT molecular complexity index is 146. The molecule has 0 aromatic rings. The van der Waals surface area contributed by atoms with E-state index in [9.17, 15) is 0 Å². The predicted octanol–water partition coefficient (Wildman–Crippen LogP) is 3.02. The maximum Gasteiger partial charge on any atom is 0.0612 e. The standard InChI is InChI=1S/C8H12Cl2/c9-5-8(10)4-6-1-2-7(8)3-6/h6-7H,1-5H2/t6?,7-,8+/m0/s1. The average molecular weight is 179 g/mol. The summed E-state index contributed by atoms with van der Waals surface area (Å²) < 4.78 is 0. The van der Waals surface area contributed by atoms with Crippen molar-refractivity contribution in [2.75, 3.05) is 5.88 Å². The monoisotopic (exact) mass is 178 g/mol. The largest absolute Gasteiger partial charge is 0.125 e. The van der Waals surface area contributed by atoms with E-state index in [0.29, 0.717) is 5.88 Å². The van der Waals surface area contributed by atoms with Gasteiger partial charge in [0.1, 0.15) is 0 Å². The lowest BCUT2D eigenvalue weighted by Crippen LogP contribution is -2.30. The molecule has 10 heavy (non-hydrogen) atoms. The van der Waals surface area contributed by atoms with Crippen molar-refractivity contribution in [3.05, 3.63) is 0 Å². The molecule has 0 radical (unpaired) electrons. The number of halogens is 2. The van der Waals surface area contributed by atoms with Gasteiger partial charge >= 0.3 is 0 Å². The minimum atomic E-state index is -0.00945. The summed E-state index contributed by atoms with van der Waals surface area (Å²) in [6, 6.07) is 0. The third-order valence-corrected chi connectivity index (χ3v) is 4.33. The molecule has 0 spiro atoms. The van der Waals surface area contributed by atoms with Gasteiger partial charge in [-0.25, -0.2) is 0 Å².